The number of carbonyl (C=O) groups is 1. The van der Waals surface area contributed by atoms with Gasteiger partial charge in [-0.1, -0.05) is 24.3 Å². The molecule has 0 fully saturated rings. The van der Waals surface area contributed by atoms with Crippen LogP contribution >= 0.6 is 0 Å². The van der Waals surface area contributed by atoms with Gasteiger partial charge in [0.2, 0.25) is 0 Å². The quantitative estimate of drug-likeness (QED) is 0.586. The Balaban J connectivity index is 1.97. The van der Waals surface area contributed by atoms with Crippen LogP contribution in [0.5, 0.6) is 0 Å². The average Bonchev–Trinajstić information content (AvgIpc) is 3.07. The summed E-state index contributed by atoms with van der Waals surface area (Å²) in [5, 5.41) is 7.26. The van der Waals surface area contributed by atoms with Crippen LogP contribution in [-0.2, 0) is 0 Å². The van der Waals surface area contributed by atoms with Gasteiger partial charge >= 0.3 is 0 Å². The predicted molar refractivity (Wildman–Crippen MR) is 104 cm³/mol. The van der Waals surface area contributed by atoms with Crippen LogP contribution < -0.4 is 5.32 Å². The number of pyridine rings is 1. The molecule has 2 heterocycles. The van der Waals surface area contributed by atoms with Crippen LogP contribution in [0.4, 0.5) is 4.39 Å². The minimum Gasteiger partial charge on any atom is -0.355 e. The van der Waals surface area contributed by atoms with Gasteiger partial charge in [-0.05, 0) is 60.0 Å². The Bertz CT molecular complexity index is 1150. The lowest BCUT2D eigenvalue weighted by atomic mass is 10.00. The third kappa shape index (κ3) is 2.97. The highest BCUT2D eigenvalue weighted by atomic mass is 19.1. The number of fused-ring (bicyclic) bond motifs is 1. The van der Waals surface area contributed by atoms with Crippen molar-refractivity contribution >= 4 is 11.4 Å². The van der Waals surface area contributed by atoms with E-state index in [0.29, 0.717) is 22.3 Å². The first kappa shape index (κ1) is 17.0. The van der Waals surface area contributed by atoms with E-state index in [1.54, 1.807) is 23.7 Å². The van der Waals surface area contributed by atoms with E-state index in [0.717, 1.165) is 16.7 Å². The first-order valence-electron chi connectivity index (χ1n) is 8.65. The van der Waals surface area contributed by atoms with Crippen LogP contribution in [0, 0.1) is 12.7 Å². The first-order valence-corrected chi connectivity index (χ1v) is 8.65. The number of nitrogens with zero attached hydrogens (tertiary/aromatic N) is 2. The molecule has 5 heteroatoms. The zero-order valence-electron chi connectivity index (χ0n) is 15.0. The van der Waals surface area contributed by atoms with Crippen molar-refractivity contribution in [2.24, 2.45) is 0 Å². The van der Waals surface area contributed by atoms with Gasteiger partial charge in [0, 0.05) is 18.8 Å². The molecule has 1 amide bonds. The fraction of sp³-hybridized carbons (Fsp3) is 0.0909. The number of carbonyl (C=O) groups excluding carboxylic acids is 1. The summed E-state index contributed by atoms with van der Waals surface area (Å²) in [5.74, 6) is -0.558. The summed E-state index contributed by atoms with van der Waals surface area (Å²) in [6.45, 7) is 2.06. The number of benzene rings is 2. The number of nitrogens with one attached hydrogen (secondary N) is 1. The highest BCUT2D eigenvalue weighted by molar-refractivity contribution is 6.06. The van der Waals surface area contributed by atoms with Gasteiger partial charge in [-0.2, -0.15) is 5.10 Å². The van der Waals surface area contributed by atoms with E-state index in [1.807, 2.05) is 30.5 Å². The van der Waals surface area contributed by atoms with E-state index < -0.39 is 0 Å². The second-order valence-corrected chi connectivity index (χ2v) is 6.37. The molecular formula is C22H18FN3O. The third-order valence-corrected chi connectivity index (χ3v) is 4.66. The van der Waals surface area contributed by atoms with Crippen LogP contribution in [0.3, 0.4) is 0 Å². The molecule has 0 saturated carbocycles. The van der Waals surface area contributed by atoms with Crippen LogP contribution in [-0.4, -0.2) is 22.6 Å². The number of rotatable bonds is 3. The average molecular weight is 359 g/mol. The van der Waals surface area contributed by atoms with E-state index in [2.05, 4.69) is 29.5 Å². The van der Waals surface area contributed by atoms with E-state index >= 15 is 0 Å². The zero-order valence-corrected chi connectivity index (χ0v) is 15.0. The van der Waals surface area contributed by atoms with Gasteiger partial charge in [-0.15, -0.1) is 0 Å². The van der Waals surface area contributed by atoms with E-state index in [-0.39, 0.29) is 11.7 Å². The summed E-state index contributed by atoms with van der Waals surface area (Å²) in [5.41, 5.74) is 5.66. The fourth-order valence-corrected chi connectivity index (χ4v) is 3.27. The van der Waals surface area contributed by atoms with Gasteiger partial charge in [-0.25, -0.2) is 8.91 Å². The number of amides is 1. The number of halogens is 1. The molecule has 0 radical (unpaired) electrons. The van der Waals surface area contributed by atoms with Gasteiger partial charge in [0.15, 0.2) is 0 Å². The number of aromatic nitrogens is 2. The lowest BCUT2D eigenvalue weighted by Gasteiger charge is -2.07. The standard InChI is InChI=1S/C22H18FN3O/c1-14-5-3-4-6-18(14)16-11-12-26-19(13-16)20(22(27)24-2)21(25-26)15-7-9-17(23)10-8-15/h3-13H,1-2H3,(H,24,27). The smallest absolute Gasteiger partial charge is 0.255 e. The van der Waals surface area contributed by atoms with E-state index in [1.165, 1.54) is 12.1 Å². The SMILES string of the molecule is CNC(=O)c1c(-c2ccc(F)cc2)nn2ccc(-c3ccccc3C)cc12. The van der Waals surface area contributed by atoms with Crippen molar-refractivity contribution in [1.29, 1.82) is 0 Å². The van der Waals surface area contributed by atoms with Crippen molar-refractivity contribution in [2.75, 3.05) is 7.05 Å². The minimum atomic E-state index is -0.328. The molecule has 27 heavy (non-hydrogen) atoms. The molecule has 2 aromatic carbocycles. The van der Waals surface area contributed by atoms with Crippen molar-refractivity contribution in [3.63, 3.8) is 0 Å². The summed E-state index contributed by atoms with van der Waals surface area (Å²) in [6.07, 6.45) is 1.84. The first-order chi connectivity index (χ1) is 13.1. The largest absolute Gasteiger partial charge is 0.355 e. The summed E-state index contributed by atoms with van der Waals surface area (Å²) in [4.78, 5) is 12.6. The van der Waals surface area contributed by atoms with Gasteiger partial charge in [0.25, 0.3) is 5.91 Å². The molecule has 0 saturated heterocycles. The molecular weight excluding hydrogens is 341 g/mol. The third-order valence-electron chi connectivity index (χ3n) is 4.66. The Kier molecular flexibility index (Phi) is 4.20. The van der Waals surface area contributed by atoms with Crippen LogP contribution in [0.2, 0.25) is 0 Å². The van der Waals surface area contributed by atoms with Crippen molar-refractivity contribution in [3.8, 4) is 22.4 Å². The Morgan fingerprint density at radius 3 is 2.48 bits per heavy atom. The monoisotopic (exact) mass is 359 g/mol. The molecule has 0 aliphatic heterocycles. The number of aryl methyl sites for hydroxylation is 1. The molecule has 4 nitrogen and oxygen atoms in total. The minimum absolute atomic E-state index is 0.230. The highest BCUT2D eigenvalue weighted by Crippen LogP contribution is 2.30. The van der Waals surface area contributed by atoms with Crippen molar-refractivity contribution in [3.05, 3.63) is 83.8 Å². The normalized spacial score (nSPS) is 10.9. The molecule has 4 aromatic rings. The Hall–Kier alpha value is -3.47. The van der Waals surface area contributed by atoms with E-state index in [9.17, 15) is 9.18 Å². The second kappa shape index (κ2) is 6.68. The van der Waals surface area contributed by atoms with Crippen molar-refractivity contribution < 1.29 is 9.18 Å². The van der Waals surface area contributed by atoms with Crippen LogP contribution in [0.25, 0.3) is 27.9 Å². The molecule has 0 unspecified atom stereocenters. The molecule has 0 atom stereocenters. The van der Waals surface area contributed by atoms with Gasteiger partial charge < -0.3 is 5.32 Å². The topological polar surface area (TPSA) is 46.4 Å². The van der Waals surface area contributed by atoms with Crippen LogP contribution in [0.15, 0.2) is 66.9 Å². The maximum absolute atomic E-state index is 13.3. The maximum atomic E-state index is 13.3. The number of hydrogen-bond acceptors (Lipinski definition) is 2. The lowest BCUT2D eigenvalue weighted by molar-refractivity contribution is 0.0965. The zero-order chi connectivity index (χ0) is 19.0. The van der Waals surface area contributed by atoms with Crippen LogP contribution in [0.1, 0.15) is 15.9 Å². The Morgan fingerprint density at radius 1 is 1.04 bits per heavy atom. The van der Waals surface area contributed by atoms with Gasteiger partial charge in [0.1, 0.15) is 11.5 Å². The molecule has 0 aliphatic rings. The molecule has 4 rings (SSSR count). The molecule has 0 aliphatic carbocycles. The molecule has 134 valence electrons. The van der Waals surface area contributed by atoms with E-state index in [4.69, 9.17) is 0 Å². The van der Waals surface area contributed by atoms with Crippen molar-refractivity contribution in [1.82, 2.24) is 14.9 Å². The maximum Gasteiger partial charge on any atom is 0.255 e. The predicted octanol–water partition coefficient (Wildman–Crippen LogP) is 4.48. The number of hydrogen-bond donors (Lipinski definition) is 1. The summed E-state index contributed by atoms with van der Waals surface area (Å²) in [7, 11) is 1.59. The van der Waals surface area contributed by atoms with Crippen molar-refractivity contribution in [2.45, 2.75) is 6.92 Å². The summed E-state index contributed by atoms with van der Waals surface area (Å²) < 4.78 is 15.0. The molecule has 1 N–H and O–H groups in total. The van der Waals surface area contributed by atoms with Gasteiger partial charge in [0.05, 0.1) is 11.1 Å². The Morgan fingerprint density at radius 2 is 1.78 bits per heavy atom. The molecule has 2 aromatic heterocycles. The second-order valence-electron chi connectivity index (χ2n) is 6.37. The molecule has 0 spiro atoms. The lowest BCUT2D eigenvalue weighted by Crippen LogP contribution is -2.18. The fourth-order valence-electron chi connectivity index (χ4n) is 3.27. The molecule has 0 bridgehead atoms. The highest BCUT2D eigenvalue weighted by Gasteiger charge is 2.21. The summed E-state index contributed by atoms with van der Waals surface area (Å²) in [6, 6.07) is 18.0. The Labute approximate surface area is 156 Å². The van der Waals surface area contributed by atoms with Gasteiger partial charge in [-0.3, -0.25) is 4.79 Å². The summed E-state index contributed by atoms with van der Waals surface area (Å²) >= 11 is 0.